The van der Waals surface area contributed by atoms with E-state index in [-0.39, 0.29) is 0 Å². The lowest BCUT2D eigenvalue weighted by molar-refractivity contribution is -0.204. The summed E-state index contributed by atoms with van der Waals surface area (Å²) in [5.41, 5.74) is 0. The molecule has 5 atom stereocenters. The Labute approximate surface area is 91.0 Å². The molecule has 1 aliphatic rings. The number of carbonyl (C=O) groups excluding carboxylic acids is 1. The Morgan fingerprint density at radius 2 is 2.12 bits per heavy atom. The van der Waals surface area contributed by atoms with Crippen molar-refractivity contribution in [3.8, 4) is 0 Å². The van der Waals surface area contributed by atoms with Crippen LogP contribution in [0.2, 0.25) is 0 Å². The van der Waals surface area contributed by atoms with Crippen molar-refractivity contribution in [3.05, 3.63) is 0 Å². The number of carbonyl (C=O) groups is 1. The van der Waals surface area contributed by atoms with Crippen LogP contribution < -0.4 is 0 Å². The summed E-state index contributed by atoms with van der Waals surface area (Å²) in [6.07, 6.45) is -6.90. The van der Waals surface area contributed by atoms with Crippen LogP contribution in [0.4, 0.5) is 0 Å². The van der Waals surface area contributed by atoms with Crippen LogP contribution in [-0.4, -0.2) is 63.5 Å². The van der Waals surface area contributed by atoms with E-state index in [0.29, 0.717) is 0 Å². The zero-order chi connectivity index (χ0) is 13.2. The second-order valence-corrected chi connectivity index (χ2v) is 4.28. The van der Waals surface area contributed by atoms with Crippen molar-refractivity contribution >= 4 is 13.8 Å². The maximum atomic E-state index is 11.2. The third kappa shape index (κ3) is 2.98. The smallest absolute Gasteiger partial charge is 0.455 e. The number of aliphatic hydroxyl groups is 3. The molecule has 1 rings (SSSR count). The van der Waals surface area contributed by atoms with Gasteiger partial charge < -0.3 is 29.8 Å². The van der Waals surface area contributed by atoms with Gasteiger partial charge in [-0.2, -0.15) is 0 Å². The van der Waals surface area contributed by atoms with Crippen molar-refractivity contribution in [2.75, 3.05) is 6.61 Å². The quantitative estimate of drug-likeness (QED) is 0.264. The Balaban J connectivity index is 2.80. The van der Waals surface area contributed by atoms with Crippen molar-refractivity contribution in [1.29, 1.82) is 1.43 Å². The number of aliphatic hydroxyl groups excluding tert-OH is 3. The van der Waals surface area contributed by atoms with Crippen molar-refractivity contribution < 1.29 is 43.7 Å². The third-order valence-corrected chi connectivity index (χ3v) is 2.46. The standard InChI is InChI=1S/C6H11O9P/c7-1-2-3(8)4(9)5(6(10)14-2)15-16(11,12)13/h2-5,7-9H,1H2,(H2,11,12,13)/t2-,3-,4+,5-/m1/s1/i/hD. The van der Waals surface area contributed by atoms with E-state index in [9.17, 15) is 19.6 Å². The Hall–Kier alpha value is -0.540. The summed E-state index contributed by atoms with van der Waals surface area (Å²) in [4.78, 5) is 23.3. The molecule has 5 N–H and O–H groups in total. The lowest BCUT2D eigenvalue weighted by Crippen LogP contribution is -2.57. The van der Waals surface area contributed by atoms with Crippen molar-refractivity contribution in [2.45, 2.75) is 24.4 Å². The zero-order valence-electron chi connectivity index (χ0n) is 8.79. The second kappa shape index (κ2) is 4.76. The Morgan fingerprint density at radius 3 is 2.62 bits per heavy atom. The molecule has 0 aromatic heterocycles. The number of ether oxygens (including phenoxy) is 1. The van der Waals surface area contributed by atoms with E-state index in [1.165, 1.54) is 0 Å². The summed E-state index contributed by atoms with van der Waals surface area (Å²) in [6, 6.07) is 0. The first kappa shape index (κ1) is 11.9. The molecule has 0 saturated carbocycles. The van der Waals surface area contributed by atoms with E-state index in [1.807, 2.05) is 0 Å². The molecule has 16 heavy (non-hydrogen) atoms. The molecule has 0 radical (unpaired) electrons. The fraction of sp³-hybridized carbons (Fsp3) is 0.833. The Bertz CT molecular complexity index is 335. The average molecular weight is 259 g/mol. The number of hydrogen-bond donors (Lipinski definition) is 5. The minimum Gasteiger partial charge on any atom is -0.455 e. The first-order valence-electron chi connectivity index (χ1n) is 4.57. The van der Waals surface area contributed by atoms with Gasteiger partial charge in [0.1, 0.15) is 12.2 Å². The van der Waals surface area contributed by atoms with Gasteiger partial charge in [-0.05, 0) is 0 Å². The van der Waals surface area contributed by atoms with Crippen molar-refractivity contribution in [2.24, 2.45) is 0 Å². The molecule has 0 aromatic rings. The second-order valence-electron chi connectivity index (χ2n) is 3.13. The van der Waals surface area contributed by atoms with E-state index in [0.717, 1.165) is 0 Å². The number of cyclic esters (lactones) is 1. The summed E-state index contributed by atoms with van der Waals surface area (Å²) < 4.78 is 25.7. The molecule has 1 saturated heterocycles. The molecule has 0 bridgehead atoms. The van der Waals surface area contributed by atoms with Gasteiger partial charge in [-0.3, -0.25) is 4.52 Å². The first-order chi connectivity index (χ1) is 7.82. The van der Waals surface area contributed by atoms with Gasteiger partial charge in [0.05, 0.1) is 6.61 Å². The largest absolute Gasteiger partial charge is 0.470 e. The highest BCUT2D eigenvalue weighted by molar-refractivity contribution is 7.46. The van der Waals surface area contributed by atoms with Gasteiger partial charge in [0.2, 0.25) is 1.43 Å². The van der Waals surface area contributed by atoms with E-state index >= 15 is 0 Å². The molecule has 9 nitrogen and oxygen atoms in total. The van der Waals surface area contributed by atoms with Crippen molar-refractivity contribution in [3.63, 3.8) is 0 Å². The molecule has 0 amide bonds. The summed E-state index contributed by atoms with van der Waals surface area (Å²) >= 11 is 0. The lowest BCUT2D eigenvalue weighted by atomic mass is 10.0. The van der Waals surface area contributed by atoms with Crippen LogP contribution in [-0.2, 0) is 18.6 Å². The first-order valence-corrected chi connectivity index (χ1v) is 5.65. The van der Waals surface area contributed by atoms with Crippen LogP contribution in [0.3, 0.4) is 0 Å². The highest BCUT2D eigenvalue weighted by Gasteiger charge is 2.47. The summed E-state index contributed by atoms with van der Waals surface area (Å²) in [7, 11) is -4.84. The van der Waals surface area contributed by atoms with Crippen LogP contribution in [0, 0.1) is 0 Å². The minimum absolute atomic E-state index is 0.734. The highest BCUT2D eigenvalue weighted by atomic mass is 31.2. The zero-order valence-corrected chi connectivity index (χ0v) is 8.69. The molecule has 94 valence electrons. The van der Waals surface area contributed by atoms with E-state index in [2.05, 4.69) is 14.2 Å². The van der Waals surface area contributed by atoms with E-state index in [4.69, 9.17) is 11.4 Å². The molecule has 0 aromatic carbocycles. The van der Waals surface area contributed by atoms with Crippen LogP contribution in [0.15, 0.2) is 0 Å². The molecule has 0 spiro atoms. The van der Waals surface area contributed by atoms with Crippen LogP contribution in [0.25, 0.3) is 0 Å². The fourth-order valence-electron chi connectivity index (χ4n) is 1.22. The van der Waals surface area contributed by atoms with Gasteiger partial charge >= 0.3 is 13.8 Å². The Morgan fingerprint density at radius 1 is 1.50 bits per heavy atom. The van der Waals surface area contributed by atoms with Gasteiger partial charge in [0.25, 0.3) is 0 Å². The molecule has 0 aliphatic carbocycles. The predicted molar refractivity (Wildman–Crippen MR) is 45.9 cm³/mol. The number of esters is 1. The highest BCUT2D eigenvalue weighted by Crippen LogP contribution is 2.40. The van der Waals surface area contributed by atoms with Crippen LogP contribution in [0.5, 0.6) is 0 Å². The summed E-state index contributed by atoms with van der Waals surface area (Å²) in [6.45, 7) is -0.734. The summed E-state index contributed by atoms with van der Waals surface area (Å²) in [5, 5.41) is 27.5. The minimum atomic E-state index is -4.84. The maximum absolute atomic E-state index is 11.2. The average Bonchev–Trinajstić information content (AvgIpc) is 2.29. The van der Waals surface area contributed by atoms with Gasteiger partial charge in [-0.1, -0.05) is 0 Å². The van der Waals surface area contributed by atoms with E-state index in [1.54, 1.807) is 0 Å². The summed E-state index contributed by atoms with van der Waals surface area (Å²) in [5.74, 6) is -1.26. The van der Waals surface area contributed by atoms with Gasteiger partial charge in [0.15, 0.2) is 12.2 Å². The van der Waals surface area contributed by atoms with Gasteiger partial charge in [-0.25, -0.2) is 9.36 Å². The molecule has 1 fully saturated rings. The fourth-order valence-corrected chi connectivity index (χ4v) is 1.72. The van der Waals surface area contributed by atoms with Crippen LogP contribution >= 0.6 is 7.82 Å². The lowest BCUT2D eigenvalue weighted by Gasteiger charge is -2.35. The SMILES string of the molecule is [2H]OP(=O)(O)O[C@H]1C(=O)O[C@H](CO)[C@@H](O)[C@@H]1O. The third-order valence-electron chi connectivity index (χ3n) is 1.97. The molecule has 1 heterocycles. The maximum Gasteiger partial charge on any atom is 0.470 e. The normalized spacial score (nSPS) is 39.8. The Kier molecular flexibility index (Phi) is 3.55. The monoisotopic (exact) mass is 259 g/mol. The van der Waals surface area contributed by atoms with Crippen molar-refractivity contribution in [1.82, 2.24) is 0 Å². The molecule has 1 aliphatic heterocycles. The number of hydrogen-bond acceptors (Lipinski definition) is 8. The van der Waals surface area contributed by atoms with Crippen LogP contribution in [0.1, 0.15) is 0 Å². The topological polar surface area (TPSA) is 154 Å². The van der Waals surface area contributed by atoms with E-state index < -0.39 is 44.8 Å². The number of phosphoric acid groups is 1. The van der Waals surface area contributed by atoms with Gasteiger partial charge in [0, 0.05) is 0 Å². The molecular formula is C6H11O9P. The number of phosphoric ester groups is 1. The molecular weight excluding hydrogens is 247 g/mol. The van der Waals surface area contributed by atoms with Gasteiger partial charge in [-0.15, -0.1) is 0 Å². The number of rotatable bonds is 4. The molecule has 1 unspecified atom stereocenters. The molecule has 10 heteroatoms. The predicted octanol–water partition coefficient (Wildman–Crippen LogP) is -2.90.